The molecule has 0 amide bonds. The Labute approximate surface area is 85.6 Å². The second kappa shape index (κ2) is 4.65. The van der Waals surface area contributed by atoms with Gasteiger partial charge in [-0.25, -0.2) is 0 Å². The van der Waals surface area contributed by atoms with Crippen molar-refractivity contribution >= 4 is 28.5 Å². The average molecular weight is 245 g/mol. The molecule has 0 fully saturated rings. The Morgan fingerprint density at radius 1 is 1.46 bits per heavy atom. The Balaban J connectivity index is 3.03. The lowest BCUT2D eigenvalue weighted by atomic mass is 9.79. The second-order valence-corrected chi connectivity index (χ2v) is 3.40. The van der Waals surface area contributed by atoms with Crippen molar-refractivity contribution in [3.63, 3.8) is 0 Å². The van der Waals surface area contributed by atoms with Crippen LogP contribution in [0.2, 0.25) is 0 Å². The molecule has 1 aromatic rings. The first-order chi connectivity index (χ1) is 6.15. The SMILES string of the molecule is CCOc1cc(Br)ccc1B(O)O. The summed E-state index contributed by atoms with van der Waals surface area (Å²) in [6.45, 7) is 2.34. The van der Waals surface area contributed by atoms with E-state index in [-0.39, 0.29) is 0 Å². The maximum absolute atomic E-state index is 8.98. The molecule has 5 heteroatoms. The van der Waals surface area contributed by atoms with Gasteiger partial charge in [0.25, 0.3) is 0 Å². The summed E-state index contributed by atoms with van der Waals surface area (Å²) in [5.74, 6) is 0.492. The standard InChI is InChI=1S/C8H10BBrO3/c1-2-13-8-5-6(10)3-4-7(8)9(11)12/h3-5,11-12H,2H2,1H3. The minimum atomic E-state index is -1.49. The Morgan fingerprint density at radius 3 is 2.69 bits per heavy atom. The third-order valence-electron chi connectivity index (χ3n) is 1.55. The van der Waals surface area contributed by atoms with Gasteiger partial charge in [0.1, 0.15) is 5.75 Å². The van der Waals surface area contributed by atoms with Crippen molar-refractivity contribution in [2.24, 2.45) is 0 Å². The number of benzene rings is 1. The van der Waals surface area contributed by atoms with Crippen LogP contribution < -0.4 is 10.2 Å². The molecule has 0 unspecified atom stereocenters. The van der Waals surface area contributed by atoms with Crippen LogP contribution in [-0.4, -0.2) is 23.8 Å². The first kappa shape index (κ1) is 10.6. The van der Waals surface area contributed by atoms with Gasteiger partial charge < -0.3 is 14.8 Å². The number of hydrogen-bond acceptors (Lipinski definition) is 3. The largest absolute Gasteiger partial charge is 0.494 e. The second-order valence-electron chi connectivity index (χ2n) is 2.49. The van der Waals surface area contributed by atoms with Gasteiger partial charge in [0.05, 0.1) is 6.61 Å². The molecule has 0 spiro atoms. The molecule has 0 heterocycles. The molecular formula is C8H10BBrO3. The fourth-order valence-electron chi connectivity index (χ4n) is 1.00. The van der Waals surface area contributed by atoms with E-state index < -0.39 is 7.12 Å². The zero-order valence-corrected chi connectivity index (χ0v) is 8.78. The van der Waals surface area contributed by atoms with Crippen LogP contribution in [0.3, 0.4) is 0 Å². The predicted molar refractivity (Wildman–Crippen MR) is 55.1 cm³/mol. The Morgan fingerprint density at radius 2 is 2.15 bits per heavy atom. The molecule has 0 atom stereocenters. The summed E-state index contributed by atoms with van der Waals surface area (Å²) < 4.78 is 6.08. The van der Waals surface area contributed by atoms with E-state index >= 15 is 0 Å². The van der Waals surface area contributed by atoms with Crippen molar-refractivity contribution in [2.45, 2.75) is 6.92 Å². The Kier molecular flexibility index (Phi) is 3.78. The van der Waals surface area contributed by atoms with Gasteiger partial charge in [-0.1, -0.05) is 22.0 Å². The summed E-state index contributed by atoms with van der Waals surface area (Å²) in [5.41, 5.74) is 0.380. The highest BCUT2D eigenvalue weighted by molar-refractivity contribution is 9.10. The molecular weight excluding hydrogens is 235 g/mol. The van der Waals surface area contributed by atoms with E-state index in [1.807, 2.05) is 6.92 Å². The Hall–Kier alpha value is -0.515. The van der Waals surface area contributed by atoms with Gasteiger partial charge in [-0.05, 0) is 19.1 Å². The summed E-state index contributed by atoms with van der Waals surface area (Å²) in [7, 11) is -1.49. The summed E-state index contributed by atoms with van der Waals surface area (Å²) in [5, 5.41) is 18.0. The van der Waals surface area contributed by atoms with Gasteiger partial charge in [-0.2, -0.15) is 0 Å². The number of halogens is 1. The molecule has 0 aliphatic heterocycles. The quantitative estimate of drug-likeness (QED) is 0.763. The van der Waals surface area contributed by atoms with Crippen LogP contribution in [-0.2, 0) is 0 Å². The molecule has 1 aromatic carbocycles. The van der Waals surface area contributed by atoms with E-state index in [1.165, 1.54) is 0 Å². The number of hydrogen-bond donors (Lipinski definition) is 2. The van der Waals surface area contributed by atoms with Gasteiger partial charge >= 0.3 is 7.12 Å². The lowest BCUT2D eigenvalue weighted by Gasteiger charge is -2.09. The minimum Gasteiger partial charge on any atom is -0.494 e. The molecule has 0 bridgehead atoms. The molecule has 0 aliphatic rings. The number of ether oxygens (including phenoxy) is 1. The van der Waals surface area contributed by atoms with E-state index in [0.29, 0.717) is 17.8 Å². The molecule has 0 radical (unpaired) electrons. The lowest BCUT2D eigenvalue weighted by molar-refractivity contribution is 0.339. The fraction of sp³-hybridized carbons (Fsp3) is 0.250. The topological polar surface area (TPSA) is 49.7 Å². The number of rotatable bonds is 3. The lowest BCUT2D eigenvalue weighted by Crippen LogP contribution is -2.31. The van der Waals surface area contributed by atoms with E-state index in [9.17, 15) is 0 Å². The zero-order valence-electron chi connectivity index (χ0n) is 7.20. The van der Waals surface area contributed by atoms with Crippen molar-refractivity contribution in [3.8, 4) is 5.75 Å². The maximum Gasteiger partial charge on any atom is 0.492 e. The first-order valence-corrected chi connectivity index (χ1v) is 4.72. The molecule has 70 valence electrons. The summed E-state index contributed by atoms with van der Waals surface area (Å²) in [4.78, 5) is 0. The molecule has 0 saturated heterocycles. The smallest absolute Gasteiger partial charge is 0.492 e. The van der Waals surface area contributed by atoms with Crippen molar-refractivity contribution in [2.75, 3.05) is 6.61 Å². The van der Waals surface area contributed by atoms with Crippen molar-refractivity contribution in [1.29, 1.82) is 0 Å². The van der Waals surface area contributed by atoms with Gasteiger partial charge in [-0.15, -0.1) is 0 Å². The van der Waals surface area contributed by atoms with Gasteiger partial charge in [0.2, 0.25) is 0 Å². The van der Waals surface area contributed by atoms with Crippen LogP contribution >= 0.6 is 15.9 Å². The minimum absolute atomic E-state index is 0.380. The van der Waals surface area contributed by atoms with Crippen LogP contribution in [0.5, 0.6) is 5.75 Å². The summed E-state index contributed by atoms with van der Waals surface area (Å²) in [6, 6.07) is 5.05. The van der Waals surface area contributed by atoms with Crippen molar-refractivity contribution in [3.05, 3.63) is 22.7 Å². The fourth-order valence-corrected chi connectivity index (χ4v) is 1.34. The van der Waals surface area contributed by atoms with Gasteiger partial charge in [0.15, 0.2) is 0 Å². The highest BCUT2D eigenvalue weighted by Gasteiger charge is 2.16. The molecule has 3 nitrogen and oxygen atoms in total. The van der Waals surface area contributed by atoms with E-state index in [2.05, 4.69) is 15.9 Å². The van der Waals surface area contributed by atoms with Gasteiger partial charge in [-0.3, -0.25) is 0 Å². The predicted octanol–water partition coefficient (Wildman–Crippen LogP) is 0.528. The maximum atomic E-state index is 8.98. The van der Waals surface area contributed by atoms with Crippen LogP contribution in [0.1, 0.15) is 6.92 Å². The summed E-state index contributed by atoms with van der Waals surface area (Å²) in [6.07, 6.45) is 0. The molecule has 13 heavy (non-hydrogen) atoms. The molecule has 2 N–H and O–H groups in total. The van der Waals surface area contributed by atoms with E-state index in [1.54, 1.807) is 18.2 Å². The van der Waals surface area contributed by atoms with Crippen LogP contribution in [0.4, 0.5) is 0 Å². The van der Waals surface area contributed by atoms with Crippen LogP contribution in [0.15, 0.2) is 22.7 Å². The highest BCUT2D eigenvalue weighted by atomic mass is 79.9. The normalized spacial score (nSPS) is 9.85. The zero-order chi connectivity index (χ0) is 9.84. The van der Waals surface area contributed by atoms with E-state index in [4.69, 9.17) is 14.8 Å². The molecule has 0 aliphatic carbocycles. The van der Waals surface area contributed by atoms with E-state index in [0.717, 1.165) is 4.47 Å². The van der Waals surface area contributed by atoms with Crippen molar-refractivity contribution < 1.29 is 14.8 Å². The molecule has 0 saturated carbocycles. The molecule has 1 rings (SSSR count). The highest BCUT2D eigenvalue weighted by Crippen LogP contribution is 2.16. The third-order valence-corrected chi connectivity index (χ3v) is 2.05. The Bertz CT molecular complexity index is 291. The van der Waals surface area contributed by atoms with Crippen LogP contribution in [0, 0.1) is 0 Å². The van der Waals surface area contributed by atoms with Gasteiger partial charge in [0, 0.05) is 9.94 Å². The average Bonchev–Trinajstić information content (AvgIpc) is 2.04. The van der Waals surface area contributed by atoms with Crippen molar-refractivity contribution in [1.82, 2.24) is 0 Å². The monoisotopic (exact) mass is 244 g/mol. The summed E-state index contributed by atoms with van der Waals surface area (Å²) >= 11 is 3.27. The van der Waals surface area contributed by atoms with Crippen LogP contribution in [0.25, 0.3) is 0 Å². The first-order valence-electron chi connectivity index (χ1n) is 3.93. The third kappa shape index (κ3) is 2.72. The molecule has 0 aromatic heterocycles.